The highest BCUT2D eigenvalue weighted by Gasteiger charge is 2.33. The molecule has 4 heteroatoms. The molecule has 0 aliphatic rings. The summed E-state index contributed by atoms with van der Waals surface area (Å²) >= 11 is 0. The zero-order valence-electron chi connectivity index (χ0n) is 6.32. The Morgan fingerprint density at radius 3 is 1.73 bits per heavy atom. The Hall–Kier alpha value is -0.380. The molecule has 0 spiro atoms. The molecule has 0 amide bonds. The molecule has 0 unspecified atom stereocenters. The number of rotatable bonds is 3. The lowest BCUT2D eigenvalue weighted by Crippen LogP contribution is -2.17. The van der Waals surface area contributed by atoms with Crippen molar-refractivity contribution in [1.82, 2.24) is 0 Å². The van der Waals surface area contributed by atoms with E-state index in [0.29, 0.717) is 0 Å². The third kappa shape index (κ3) is 4.14. The fourth-order valence-electron chi connectivity index (χ4n) is 0.539. The molecule has 0 aromatic carbocycles. The average molecular weight is 184 g/mol. The summed E-state index contributed by atoms with van der Waals surface area (Å²) in [4.78, 5) is 0. The largest absolute Gasteiger partial charge is 0.396 e. The molecule has 0 radical (unpaired) electrons. The van der Waals surface area contributed by atoms with E-state index in [1.54, 1.807) is 0 Å². The van der Waals surface area contributed by atoms with Crippen molar-refractivity contribution in [3.63, 3.8) is 0 Å². The van der Waals surface area contributed by atoms with Gasteiger partial charge in [-0.25, -0.2) is 0 Å². The minimum Gasteiger partial charge on any atom is -0.196 e. The lowest BCUT2D eigenvalue weighted by molar-refractivity contribution is -0.105. The molecule has 0 bridgehead atoms. The van der Waals surface area contributed by atoms with Gasteiger partial charge in [-0.1, -0.05) is 24.0 Å². The smallest absolute Gasteiger partial charge is 0.196 e. The Kier molecular flexibility index (Phi) is 3.23. The summed E-state index contributed by atoms with van der Waals surface area (Å²) in [5.41, 5.74) is 0. The van der Waals surface area contributed by atoms with Crippen LogP contribution >= 0.6 is 10.0 Å². The third-order valence-electron chi connectivity index (χ3n) is 1.24. The van der Waals surface area contributed by atoms with Gasteiger partial charge in [-0.05, 0) is 6.26 Å². The molecule has 0 saturated carbocycles. The molecule has 66 valence electrons. The highest BCUT2D eigenvalue weighted by Crippen LogP contribution is 2.50. The van der Waals surface area contributed by atoms with Crippen LogP contribution < -0.4 is 0 Å². The monoisotopic (exact) mass is 184 g/mol. The number of halogens is 3. The van der Waals surface area contributed by atoms with Crippen molar-refractivity contribution in [3.8, 4) is 0 Å². The summed E-state index contributed by atoms with van der Waals surface area (Å²) in [5, 5.41) is 2.68. The van der Waals surface area contributed by atoms with Gasteiger partial charge in [0, 0.05) is 0 Å². The quantitative estimate of drug-likeness (QED) is 0.631. The predicted octanol–water partition coefficient (Wildman–Crippen LogP) is 3.27. The molecule has 11 heavy (non-hydrogen) atoms. The fraction of sp³-hybridized carbons (Fsp3) is 0.429. The van der Waals surface area contributed by atoms with E-state index in [1.807, 2.05) is 0 Å². The Balaban J connectivity index is 4.31. The first-order valence-electron chi connectivity index (χ1n) is 2.91. The number of hydrogen-bond donors (Lipinski definition) is 0. The molecule has 0 saturated heterocycles. The molecule has 0 atom stereocenters. The first-order valence-corrected chi connectivity index (χ1v) is 5.24. The van der Waals surface area contributed by atoms with Gasteiger partial charge in [-0.2, -0.15) is 23.2 Å². The van der Waals surface area contributed by atoms with Crippen LogP contribution in [0, 0.1) is 0 Å². The van der Waals surface area contributed by atoms with Crippen molar-refractivity contribution >= 4 is 10.0 Å². The summed E-state index contributed by atoms with van der Waals surface area (Å²) in [6.07, 6.45) is -2.59. The molecule has 0 fully saturated rings. The van der Waals surface area contributed by atoms with E-state index in [-0.39, 0.29) is 0 Å². The van der Waals surface area contributed by atoms with E-state index in [4.69, 9.17) is 0 Å². The molecule has 0 rings (SSSR count). The predicted molar refractivity (Wildman–Crippen MR) is 44.8 cm³/mol. The van der Waals surface area contributed by atoms with E-state index in [9.17, 15) is 13.2 Å². The van der Waals surface area contributed by atoms with Crippen LogP contribution in [-0.4, -0.2) is 18.2 Å². The zero-order chi connectivity index (χ0) is 9.12. The lowest BCUT2D eigenvalue weighted by Gasteiger charge is -2.28. The van der Waals surface area contributed by atoms with E-state index < -0.39 is 22.0 Å². The van der Waals surface area contributed by atoms with Gasteiger partial charge >= 0.3 is 6.18 Å². The summed E-state index contributed by atoms with van der Waals surface area (Å²) in [7, 11) is -1.87. The summed E-state index contributed by atoms with van der Waals surface area (Å²) in [5.74, 6) is -0.812. The van der Waals surface area contributed by atoms with Crippen molar-refractivity contribution in [3.05, 3.63) is 24.0 Å². The Bertz CT molecular complexity index is 152. The van der Waals surface area contributed by atoms with E-state index in [1.165, 1.54) is 17.1 Å². The fourth-order valence-corrected chi connectivity index (χ4v) is 1.62. The molecular formula is C7H11F3S. The van der Waals surface area contributed by atoms with Crippen molar-refractivity contribution in [2.45, 2.75) is 6.18 Å². The van der Waals surface area contributed by atoms with Crippen LogP contribution in [0.2, 0.25) is 0 Å². The topological polar surface area (TPSA) is 0 Å². The molecule has 0 aliphatic carbocycles. The second-order valence-corrected chi connectivity index (χ2v) is 5.74. The normalized spacial score (nSPS) is 14.2. The van der Waals surface area contributed by atoms with E-state index in [0.717, 1.165) is 0 Å². The van der Waals surface area contributed by atoms with Crippen LogP contribution in [0.15, 0.2) is 24.0 Å². The summed E-state index contributed by atoms with van der Waals surface area (Å²) < 4.78 is 35.6. The van der Waals surface area contributed by atoms with Gasteiger partial charge in [0.05, 0.1) is 5.75 Å². The van der Waals surface area contributed by atoms with E-state index in [2.05, 4.69) is 13.2 Å². The molecule has 0 aromatic rings. The molecule has 0 aromatic heterocycles. The van der Waals surface area contributed by atoms with Crippen LogP contribution in [-0.2, 0) is 0 Å². The highest BCUT2D eigenvalue weighted by molar-refractivity contribution is 8.37. The van der Waals surface area contributed by atoms with Crippen molar-refractivity contribution < 1.29 is 13.2 Å². The first-order chi connectivity index (χ1) is 4.83. The van der Waals surface area contributed by atoms with Crippen LogP contribution in [0.3, 0.4) is 0 Å². The average Bonchev–Trinajstić information content (AvgIpc) is 1.84. The SMILES string of the molecule is C=CS(C)(C=C)CC(F)(F)F. The third-order valence-corrected chi connectivity index (χ3v) is 3.71. The van der Waals surface area contributed by atoms with Gasteiger partial charge in [0.15, 0.2) is 0 Å². The van der Waals surface area contributed by atoms with Gasteiger partial charge in [-0.15, -0.1) is 0 Å². The second kappa shape index (κ2) is 3.34. The molecular weight excluding hydrogens is 173 g/mol. The van der Waals surface area contributed by atoms with Gasteiger partial charge in [-0.3, -0.25) is 0 Å². The number of alkyl halides is 3. The first kappa shape index (κ1) is 10.6. The minimum atomic E-state index is -4.12. The maximum atomic E-state index is 11.9. The molecule has 0 aliphatic heterocycles. The molecule has 0 heterocycles. The Morgan fingerprint density at radius 2 is 1.64 bits per heavy atom. The minimum absolute atomic E-state index is 0.812. The maximum Gasteiger partial charge on any atom is 0.396 e. The van der Waals surface area contributed by atoms with Gasteiger partial charge < -0.3 is 0 Å². The second-order valence-electron chi connectivity index (χ2n) is 2.32. The molecule has 0 N–H and O–H groups in total. The van der Waals surface area contributed by atoms with Crippen LogP contribution in [0.25, 0.3) is 0 Å². The van der Waals surface area contributed by atoms with E-state index >= 15 is 0 Å². The molecule has 0 nitrogen and oxygen atoms in total. The Morgan fingerprint density at radius 1 is 1.27 bits per heavy atom. The van der Waals surface area contributed by atoms with Crippen molar-refractivity contribution in [2.75, 3.05) is 12.0 Å². The number of hydrogen-bond acceptors (Lipinski definition) is 0. The van der Waals surface area contributed by atoms with Gasteiger partial charge in [0.2, 0.25) is 0 Å². The lowest BCUT2D eigenvalue weighted by atomic mass is 10.8. The standard InChI is InChI=1S/C7H11F3S/c1-4-11(3,5-2)6-7(8,9)10/h4-5H,1-2,6H2,3H3. The highest BCUT2D eigenvalue weighted by atomic mass is 32.3. The van der Waals surface area contributed by atoms with Crippen molar-refractivity contribution in [2.24, 2.45) is 0 Å². The van der Waals surface area contributed by atoms with Gasteiger partial charge in [0.1, 0.15) is 0 Å². The maximum absolute atomic E-state index is 11.9. The Labute approximate surface area is 66.1 Å². The van der Waals surface area contributed by atoms with Crippen LogP contribution in [0.1, 0.15) is 0 Å². The summed E-state index contributed by atoms with van der Waals surface area (Å²) in [6.45, 7) is 6.71. The van der Waals surface area contributed by atoms with Crippen LogP contribution in [0.4, 0.5) is 13.2 Å². The van der Waals surface area contributed by atoms with Gasteiger partial charge in [0.25, 0.3) is 0 Å². The summed E-state index contributed by atoms with van der Waals surface area (Å²) in [6, 6.07) is 0. The zero-order valence-corrected chi connectivity index (χ0v) is 7.13. The van der Waals surface area contributed by atoms with Crippen molar-refractivity contribution in [1.29, 1.82) is 0 Å². The van der Waals surface area contributed by atoms with Crippen LogP contribution in [0.5, 0.6) is 0 Å².